The molecule has 0 radical (unpaired) electrons. The zero-order valence-electron chi connectivity index (χ0n) is 11.6. The van der Waals surface area contributed by atoms with Crippen LogP contribution in [0, 0.1) is 5.92 Å². The Morgan fingerprint density at radius 3 is 2.30 bits per heavy atom. The van der Waals surface area contributed by atoms with Crippen molar-refractivity contribution in [3.05, 3.63) is 34.9 Å². The summed E-state index contributed by atoms with van der Waals surface area (Å²) in [7, 11) is 0. The molecule has 0 saturated heterocycles. The van der Waals surface area contributed by atoms with Crippen LogP contribution < -0.4 is 5.73 Å². The molecular formula is C14H18ClNO4. The van der Waals surface area contributed by atoms with Crippen LogP contribution in [-0.2, 0) is 14.3 Å². The molecule has 0 aromatic heterocycles. The minimum absolute atomic E-state index is 0.315. The number of benzene rings is 1. The summed E-state index contributed by atoms with van der Waals surface area (Å²) >= 11 is 5.98. The summed E-state index contributed by atoms with van der Waals surface area (Å²) in [5, 5.41) is 9.55. The number of rotatable bonds is 4. The van der Waals surface area contributed by atoms with Crippen LogP contribution in [0.4, 0.5) is 0 Å². The maximum atomic E-state index is 12.0. The van der Waals surface area contributed by atoms with Crippen molar-refractivity contribution in [2.45, 2.75) is 32.4 Å². The average molecular weight is 300 g/mol. The Morgan fingerprint density at radius 2 is 1.85 bits per heavy atom. The maximum absolute atomic E-state index is 12.0. The predicted molar refractivity (Wildman–Crippen MR) is 75.4 cm³/mol. The van der Waals surface area contributed by atoms with E-state index in [4.69, 9.17) is 22.1 Å². The number of nitrogens with two attached hydrogens (primary N) is 1. The first-order chi connectivity index (χ1) is 9.13. The number of carboxylic acid groups (broad SMARTS) is 1. The van der Waals surface area contributed by atoms with Crippen molar-refractivity contribution < 1.29 is 19.4 Å². The van der Waals surface area contributed by atoms with Crippen molar-refractivity contribution in [2.75, 3.05) is 0 Å². The zero-order chi connectivity index (χ0) is 15.5. The molecule has 1 rings (SSSR count). The van der Waals surface area contributed by atoms with Gasteiger partial charge in [-0.3, -0.25) is 9.59 Å². The van der Waals surface area contributed by atoms with Crippen molar-refractivity contribution in [1.29, 1.82) is 0 Å². The third-order valence-corrected chi connectivity index (χ3v) is 2.89. The first-order valence-electron chi connectivity index (χ1n) is 6.09. The molecule has 0 aliphatic rings. The third-order valence-electron chi connectivity index (χ3n) is 2.55. The molecule has 0 spiro atoms. The monoisotopic (exact) mass is 299 g/mol. The van der Waals surface area contributed by atoms with E-state index in [1.807, 2.05) is 0 Å². The molecule has 1 unspecified atom stereocenters. The fourth-order valence-electron chi connectivity index (χ4n) is 1.69. The fraction of sp³-hybridized carbons (Fsp3) is 0.429. The van der Waals surface area contributed by atoms with Crippen LogP contribution in [0.5, 0.6) is 0 Å². The summed E-state index contributed by atoms with van der Waals surface area (Å²) in [6, 6.07) is 5.48. The smallest absolute Gasteiger partial charge is 0.322 e. The second-order valence-corrected chi connectivity index (χ2v) is 5.80. The van der Waals surface area contributed by atoms with E-state index < -0.39 is 29.5 Å². The van der Waals surface area contributed by atoms with Crippen molar-refractivity contribution in [1.82, 2.24) is 0 Å². The molecule has 0 amide bonds. The first kappa shape index (κ1) is 16.5. The molecule has 0 fully saturated rings. The van der Waals surface area contributed by atoms with E-state index in [2.05, 4.69) is 0 Å². The zero-order valence-corrected chi connectivity index (χ0v) is 12.3. The summed E-state index contributed by atoms with van der Waals surface area (Å²) in [5.74, 6) is -3.72. The first-order valence-corrected chi connectivity index (χ1v) is 6.47. The molecule has 0 saturated carbocycles. The van der Waals surface area contributed by atoms with Gasteiger partial charge in [-0.1, -0.05) is 29.8 Å². The maximum Gasteiger partial charge on any atom is 0.322 e. The van der Waals surface area contributed by atoms with Gasteiger partial charge in [0.15, 0.2) is 5.92 Å². The fourth-order valence-corrected chi connectivity index (χ4v) is 1.95. The lowest BCUT2D eigenvalue weighted by Gasteiger charge is -2.25. The summed E-state index contributed by atoms with van der Waals surface area (Å²) in [5.41, 5.74) is 5.50. The van der Waals surface area contributed by atoms with Gasteiger partial charge in [0, 0.05) is 5.02 Å². The van der Waals surface area contributed by atoms with Gasteiger partial charge in [0.05, 0.1) is 6.04 Å². The highest BCUT2D eigenvalue weighted by Crippen LogP contribution is 2.28. The van der Waals surface area contributed by atoms with Crippen LogP contribution in [0.15, 0.2) is 24.3 Å². The topological polar surface area (TPSA) is 89.6 Å². The number of esters is 1. The second kappa shape index (κ2) is 6.24. The Kier molecular flexibility index (Phi) is 5.14. The highest BCUT2D eigenvalue weighted by molar-refractivity contribution is 6.31. The van der Waals surface area contributed by atoms with Crippen molar-refractivity contribution in [3.8, 4) is 0 Å². The van der Waals surface area contributed by atoms with E-state index in [1.165, 1.54) is 0 Å². The van der Waals surface area contributed by atoms with Gasteiger partial charge in [0.25, 0.3) is 0 Å². The van der Waals surface area contributed by atoms with Gasteiger partial charge in [-0.05, 0) is 32.4 Å². The number of ether oxygens (including phenoxy) is 1. The largest absolute Gasteiger partial charge is 0.481 e. The lowest BCUT2D eigenvalue weighted by Crippen LogP contribution is -2.39. The molecule has 0 heterocycles. The van der Waals surface area contributed by atoms with Crippen molar-refractivity contribution >= 4 is 23.5 Å². The summed E-state index contributed by atoms with van der Waals surface area (Å²) in [6.07, 6.45) is 0. The third kappa shape index (κ3) is 4.21. The van der Waals surface area contributed by atoms with E-state index >= 15 is 0 Å². The Morgan fingerprint density at radius 1 is 1.30 bits per heavy atom. The van der Waals surface area contributed by atoms with Crippen LogP contribution >= 0.6 is 11.6 Å². The standard InChI is InChI=1S/C14H18ClNO4/c1-14(2,3)20-13(19)10(12(17)18)11(16)8-6-4-5-7-9(8)15/h4-7,10-11H,16H2,1-3H3,(H,17,18)/t10-,11?/m0/s1. The van der Waals surface area contributed by atoms with Crippen LogP contribution in [0.2, 0.25) is 5.02 Å². The van der Waals surface area contributed by atoms with Gasteiger partial charge in [-0.25, -0.2) is 0 Å². The van der Waals surface area contributed by atoms with Gasteiger partial charge in [0.2, 0.25) is 0 Å². The average Bonchev–Trinajstić information content (AvgIpc) is 2.26. The molecule has 3 N–H and O–H groups in total. The van der Waals surface area contributed by atoms with Crippen LogP contribution in [-0.4, -0.2) is 22.6 Å². The number of aliphatic carboxylic acids is 1. The SMILES string of the molecule is CC(C)(C)OC(=O)[C@H](C(=O)O)C(N)c1ccccc1Cl. The minimum atomic E-state index is -1.51. The van der Waals surface area contributed by atoms with Crippen LogP contribution in [0.1, 0.15) is 32.4 Å². The van der Waals surface area contributed by atoms with E-state index in [-0.39, 0.29) is 0 Å². The highest BCUT2D eigenvalue weighted by atomic mass is 35.5. The lowest BCUT2D eigenvalue weighted by molar-refractivity contribution is -0.167. The molecule has 5 nitrogen and oxygen atoms in total. The van der Waals surface area contributed by atoms with E-state index in [0.29, 0.717) is 10.6 Å². The number of carboxylic acids is 1. The lowest BCUT2D eigenvalue weighted by atomic mass is 9.93. The highest BCUT2D eigenvalue weighted by Gasteiger charge is 2.37. The van der Waals surface area contributed by atoms with E-state index in [9.17, 15) is 14.7 Å². The summed E-state index contributed by atoms with van der Waals surface area (Å²) in [6.45, 7) is 4.97. The minimum Gasteiger partial charge on any atom is -0.481 e. The molecule has 0 bridgehead atoms. The molecule has 1 aromatic carbocycles. The molecular weight excluding hydrogens is 282 g/mol. The Bertz CT molecular complexity index is 510. The quantitative estimate of drug-likeness (QED) is 0.658. The van der Waals surface area contributed by atoms with Crippen molar-refractivity contribution in [2.24, 2.45) is 11.7 Å². The van der Waals surface area contributed by atoms with Gasteiger partial charge < -0.3 is 15.6 Å². The number of hydrogen-bond donors (Lipinski definition) is 2. The van der Waals surface area contributed by atoms with Crippen LogP contribution in [0.25, 0.3) is 0 Å². The van der Waals surface area contributed by atoms with Crippen LogP contribution in [0.3, 0.4) is 0 Å². The molecule has 1 aromatic rings. The van der Waals surface area contributed by atoms with Crippen molar-refractivity contribution in [3.63, 3.8) is 0 Å². The van der Waals surface area contributed by atoms with E-state index in [1.54, 1.807) is 45.0 Å². The van der Waals surface area contributed by atoms with Gasteiger partial charge >= 0.3 is 11.9 Å². The Labute approximate surface area is 122 Å². The molecule has 2 atom stereocenters. The molecule has 0 aliphatic heterocycles. The van der Waals surface area contributed by atoms with Gasteiger partial charge in [-0.15, -0.1) is 0 Å². The normalized spacial score (nSPS) is 14.4. The van der Waals surface area contributed by atoms with Gasteiger partial charge in [0.1, 0.15) is 5.60 Å². The molecule has 0 aliphatic carbocycles. The Balaban J connectivity index is 3.06. The molecule has 110 valence electrons. The molecule has 20 heavy (non-hydrogen) atoms. The summed E-state index contributed by atoms with van der Waals surface area (Å²) in [4.78, 5) is 23.3. The number of halogens is 1. The van der Waals surface area contributed by atoms with Gasteiger partial charge in [-0.2, -0.15) is 0 Å². The molecule has 6 heteroatoms. The second-order valence-electron chi connectivity index (χ2n) is 5.40. The Hall–Kier alpha value is -1.59. The summed E-state index contributed by atoms with van der Waals surface area (Å²) < 4.78 is 5.10. The number of hydrogen-bond acceptors (Lipinski definition) is 4. The van der Waals surface area contributed by atoms with E-state index in [0.717, 1.165) is 0 Å². The number of carbonyl (C=O) groups is 2. The number of carbonyl (C=O) groups excluding carboxylic acids is 1. The predicted octanol–water partition coefficient (Wildman–Crippen LogP) is 2.38.